The molecule has 0 aromatic heterocycles. The molecule has 0 aliphatic rings. The van der Waals surface area contributed by atoms with Gasteiger partial charge in [-0.1, -0.05) is 11.6 Å². The van der Waals surface area contributed by atoms with Crippen molar-refractivity contribution in [1.82, 2.24) is 5.48 Å². The first-order chi connectivity index (χ1) is 9.31. The predicted octanol–water partition coefficient (Wildman–Crippen LogP) is 2.63. The first-order valence-corrected chi connectivity index (χ1v) is 5.63. The van der Waals surface area contributed by atoms with Crippen LogP contribution in [0.4, 0.5) is 13.2 Å². The van der Waals surface area contributed by atoms with E-state index in [1.54, 1.807) is 17.6 Å². The molecule has 0 bridgehead atoms. The number of ether oxygens (including phenoxy) is 1. The maximum Gasteiger partial charge on any atom is 0.414 e. The maximum atomic E-state index is 11.8. The first-order valence-electron chi connectivity index (χ1n) is 5.63. The molecule has 0 saturated heterocycles. The van der Waals surface area contributed by atoms with E-state index in [4.69, 9.17) is 4.74 Å². The average Bonchev–Trinajstić information content (AvgIpc) is 2.35. The summed E-state index contributed by atoms with van der Waals surface area (Å²) in [5.41, 5.74) is 3.27. The molecule has 1 rings (SSSR count). The minimum Gasteiger partial charge on any atom is -0.496 e. The summed E-state index contributed by atoms with van der Waals surface area (Å²) in [5, 5.41) is 0. The van der Waals surface area contributed by atoms with Gasteiger partial charge in [-0.05, 0) is 25.1 Å². The number of rotatable bonds is 5. The topological polar surface area (TPSA) is 47.6 Å². The quantitative estimate of drug-likeness (QED) is 0.669. The van der Waals surface area contributed by atoms with Crippen molar-refractivity contribution in [1.29, 1.82) is 0 Å². The second kappa shape index (κ2) is 6.95. The minimum absolute atomic E-state index is 0.552. The van der Waals surface area contributed by atoms with Gasteiger partial charge in [0.1, 0.15) is 5.75 Å². The molecule has 0 aliphatic carbocycles. The van der Waals surface area contributed by atoms with Gasteiger partial charge in [-0.2, -0.15) is 13.2 Å². The van der Waals surface area contributed by atoms with Crippen LogP contribution in [-0.4, -0.2) is 25.8 Å². The number of hydrogen-bond donors (Lipinski definition) is 1. The number of carbonyl (C=O) groups is 1. The fourth-order valence-corrected chi connectivity index (χ4v) is 1.37. The predicted molar refractivity (Wildman–Crippen MR) is 66.9 cm³/mol. The van der Waals surface area contributed by atoms with Gasteiger partial charge >= 0.3 is 6.18 Å². The number of hydroxylamine groups is 1. The van der Waals surface area contributed by atoms with Crippen molar-refractivity contribution < 1.29 is 27.5 Å². The highest BCUT2D eigenvalue weighted by atomic mass is 19.4. The third-order valence-electron chi connectivity index (χ3n) is 2.21. The van der Waals surface area contributed by atoms with E-state index in [1.165, 1.54) is 13.2 Å². The SMILES string of the molecule is COc1ccc(C)cc1/C=C/C(=O)NOCC(F)(F)F. The van der Waals surface area contributed by atoms with Gasteiger partial charge in [0, 0.05) is 11.6 Å². The lowest BCUT2D eigenvalue weighted by Gasteiger charge is -2.07. The number of alkyl halides is 3. The molecule has 1 aromatic carbocycles. The molecule has 20 heavy (non-hydrogen) atoms. The Morgan fingerprint density at radius 2 is 2.10 bits per heavy atom. The molecule has 0 fully saturated rings. The Morgan fingerprint density at radius 3 is 2.70 bits per heavy atom. The van der Waals surface area contributed by atoms with Crippen LogP contribution in [0.3, 0.4) is 0 Å². The molecule has 1 aromatic rings. The number of aryl methyl sites for hydroxylation is 1. The number of benzene rings is 1. The zero-order valence-corrected chi connectivity index (χ0v) is 11.0. The van der Waals surface area contributed by atoms with E-state index in [0.29, 0.717) is 11.3 Å². The third-order valence-corrected chi connectivity index (χ3v) is 2.21. The van der Waals surface area contributed by atoms with Crippen LogP contribution in [0.5, 0.6) is 5.75 Å². The zero-order chi connectivity index (χ0) is 15.2. The van der Waals surface area contributed by atoms with Crippen LogP contribution in [0.2, 0.25) is 0 Å². The third kappa shape index (κ3) is 5.75. The van der Waals surface area contributed by atoms with Crippen LogP contribution in [0, 0.1) is 6.92 Å². The van der Waals surface area contributed by atoms with Gasteiger partial charge in [0.15, 0.2) is 6.61 Å². The summed E-state index contributed by atoms with van der Waals surface area (Å²) in [6.45, 7) is 0.323. The Bertz CT molecular complexity index is 498. The van der Waals surface area contributed by atoms with Crippen molar-refractivity contribution >= 4 is 12.0 Å². The minimum atomic E-state index is -4.49. The first kappa shape index (κ1) is 16.0. The van der Waals surface area contributed by atoms with Gasteiger partial charge in [0.05, 0.1) is 7.11 Å². The Balaban J connectivity index is 2.59. The fourth-order valence-electron chi connectivity index (χ4n) is 1.37. The summed E-state index contributed by atoms with van der Waals surface area (Å²) in [4.78, 5) is 15.3. The molecule has 0 atom stereocenters. The largest absolute Gasteiger partial charge is 0.496 e. The van der Waals surface area contributed by atoms with Crippen LogP contribution in [0.25, 0.3) is 6.08 Å². The molecule has 1 amide bonds. The Kier molecular flexibility index (Phi) is 5.57. The normalized spacial score (nSPS) is 11.7. The Labute approximate surface area is 114 Å². The lowest BCUT2D eigenvalue weighted by Crippen LogP contribution is -2.28. The monoisotopic (exact) mass is 289 g/mol. The second-order valence-electron chi connectivity index (χ2n) is 3.95. The number of carbonyl (C=O) groups excluding carboxylic acids is 1. The van der Waals surface area contributed by atoms with Crippen molar-refractivity contribution in [3.63, 3.8) is 0 Å². The number of amides is 1. The van der Waals surface area contributed by atoms with E-state index in [0.717, 1.165) is 11.6 Å². The highest BCUT2D eigenvalue weighted by Crippen LogP contribution is 2.20. The number of hydrogen-bond acceptors (Lipinski definition) is 3. The standard InChI is InChI=1S/C13H14F3NO3/c1-9-3-5-11(19-2)10(7-9)4-6-12(18)17-20-8-13(14,15)16/h3-7H,8H2,1-2H3,(H,17,18)/b6-4+. The van der Waals surface area contributed by atoms with Gasteiger partial charge in [-0.3, -0.25) is 9.63 Å². The van der Waals surface area contributed by atoms with E-state index in [9.17, 15) is 18.0 Å². The van der Waals surface area contributed by atoms with E-state index < -0.39 is 18.7 Å². The number of nitrogens with one attached hydrogen (secondary N) is 1. The van der Waals surface area contributed by atoms with Crippen LogP contribution < -0.4 is 10.2 Å². The van der Waals surface area contributed by atoms with Crippen LogP contribution in [0.1, 0.15) is 11.1 Å². The van der Waals surface area contributed by atoms with Crippen LogP contribution in [0.15, 0.2) is 24.3 Å². The van der Waals surface area contributed by atoms with Gasteiger partial charge in [0.25, 0.3) is 5.91 Å². The molecule has 0 aliphatic heterocycles. The van der Waals surface area contributed by atoms with Gasteiger partial charge in [0.2, 0.25) is 0 Å². The molecule has 1 N–H and O–H groups in total. The summed E-state index contributed by atoms with van der Waals surface area (Å²) in [6.07, 6.45) is -2.00. The van der Waals surface area contributed by atoms with E-state index >= 15 is 0 Å². The smallest absolute Gasteiger partial charge is 0.414 e. The Hall–Kier alpha value is -2.02. The summed E-state index contributed by atoms with van der Waals surface area (Å²) in [6, 6.07) is 5.34. The lowest BCUT2D eigenvalue weighted by atomic mass is 10.1. The molecule has 0 radical (unpaired) electrons. The highest BCUT2D eigenvalue weighted by Gasteiger charge is 2.28. The van der Waals surface area contributed by atoms with Crippen molar-refractivity contribution in [2.24, 2.45) is 0 Å². The van der Waals surface area contributed by atoms with E-state index in [1.807, 2.05) is 13.0 Å². The average molecular weight is 289 g/mol. The molecular weight excluding hydrogens is 275 g/mol. The summed E-state index contributed by atoms with van der Waals surface area (Å²) < 4.78 is 40.5. The van der Waals surface area contributed by atoms with Gasteiger partial charge in [-0.15, -0.1) is 0 Å². The molecule has 7 heteroatoms. The van der Waals surface area contributed by atoms with Crippen molar-refractivity contribution in [3.8, 4) is 5.75 Å². The van der Waals surface area contributed by atoms with E-state index in [-0.39, 0.29) is 0 Å². The summed E-state index contributed by atoms with van der Waals surface area (Å²) in [7, 11) is 1.48. The molecule has 110 valence electrons. The maximum absolute atomic E-state index is 11.8. The van der Waals surface area contributed by atoms with E-state index in [2.05, 4.69) is 4.84 Å². The van der Waals surface area contributed by atoms with Gasteiger partial charge in [-0.25, -0.2) is 5.48 Å². The van der Waals surface area contributed by atoms with Crippen molar-refractivity contribution in [2.75, 3.05) is 13.7 Å². The zero-order valence-electron chi connectivity index (χ0n) is 11.0. The number of methoxy groups -OCH3 is 1. The summed E-state index contributed by atoms with van der Waals surface area (Å²) >= 11 is 0. The molecule has 0 spiro atoms. The molecular formula is C13H14F3NO3. The van der Waals surface area contributed by atoms with Crippen LogP contribution >= 0.6 is 0 Å². The molecule has 0 saturated carbocycles. The van der Waals surface area contributed by atoms with Gasteiger partial charge < -0.3 is 4.74 Å². The fraction of sp³-hybridized carbons (Fsp3) is 0.308. The lowest BCUT2D eigenvalue weighted by molar-refractivity contribution is -0.190. The molecule has 0 unspecified atom stereocenters. The molecule has 4 nitrogen and oxygen atoms in total. The Morgan fingerprint density at radius 1 is 1.40 bits per heavy atom. The second-order valence-corrected chi connectivity index (χ2v) is 3.95. The molecule has 0 heterocycles. The van der Waals surface area contributed by atoms with Crippen molar-refractivity contribution in [2.45, 2.75) is 13.1 Å². The summed E-state index contributed by atoms with van der Waals surface area (Å²) in [5.74, 6) is -0.242. The van der Waals surface area contributed by atoms with Crippen LogP contribution in [-0.2, 0) is 9.63 Å². The highest BCUT2D eigenvalue weighted by molar-refractivity contribution is 5.91. The van der Waals surface area contributed by atoms with Crippen molar-refractivity contribution in [3.05, 3.63) is 35.4 Å². The number of halogens is 3.